The fourth-order valence-corrected chi connectivity index (χ4v) is 3.92. The van der Waals surface area contributed by atoms with Crippen molar-refractivity contribution in [3.05, 3.63) is 0 Å². The molecule has 0 aliphatic heterocycles. The van der Waals surface area contributed by atoms with Crippen molar-refractivity contribution in [3.8, 4) is 0 Å². The topological polar surface area (TPSA) is 9.23 Å². The highest BCUT2D eigenvalue weighted by Crippen LogP contribution is 2.32. The lowest BCUT2D eigenvalue weighted by Gasteiger charge is -2.34. The van der Waals surface area contributed by atoms with E-state index in [-0.39, 0.29) is 0 Å². The second-order valence-electron chi connectivity index (χ2n) is 5.37. The molecule has 88 valence electrons. The van der Waals surface area contributed by atoms with Crippen molar-refractivity contribution in [3.63, 3.8) is 0 Å². The Labute approximate surface area is 107 Å². The second kappa shape index (κ2) is 5.85. The molecule has 2 aliphatic carbocycles. The van der Waals surface area contributed by atoms with Crippen LogP contribution in [0.4, 0.5) is 0 Å². The van der Waals surface area contributed by atoms with Gasteiger partial charge in [0, 0.05) is 3.92 Å². The molecule has 0 amide bonds. The predicted molar refractivity (Wildman–Crippen MR) is 72.6 cm³/mol. The van der Waals surface area contributed by atoms with Gasteiger partial charge in [0.1, 0.15) is 0 Å². The van der Waals surface area contributed by atoms with Gasteiger partial charge < -0.3 is 4.74 Å². The third kappa shape index (κ3) is 3.58. The molecule has 15 heavy (non-hydrogen) atoms. The van der Waals surface area contributed by atoms with E-state index in [9.17, 15) is 0 Å². The zero-order valence-electron chi connectivity index (χ0n) is 9.75. The molecule has 0 aromatic carbocycles. The molecule has 0 N–H and O–H groups in total. The van der Waals surface area contributed by atoms with Gasteiger partial charge in [0.15, 0.2) is 0 Å². The SMILES string of the molecule is CC1CCCC(OC2CCCCC2I)C1. The summed E-state index contributed by atoms with van der Waals surface area (Å²) in [4.78, 5) is 0. The monoisotopic (exact) mass is 322 g/mol. The van der Waals surface area contributed by atoms with E-state index >= 15 is 0 Å². The van der Waals surface area contributed by atoms with Crippen molar-refractivity contribution >= 4 is 22.6 Å². The molecule has 2 saturated carbocycles. The minimum Gasteiger partial charge on any atom is -0.374 e. The smallest absolute Gasteiger partial charge is 0.0696 e. The molecular weight excluding hydrogens is 299 g/mol. The fourth-order valence-electron chi connectivity index (χ4n) is 2.95. The largest absolute Gasteiger partial charge is 0.374 e. The number of hydrogen-bond donors (Lipinski definition) is 0. The quantitative estimate of drug-likeness (QED) is 0.543. The molecule has 2 aliphatic rings. The van der Waals surface area contributed by atoms with Gasteiger partial charge in [-0.1, -0.05) is 55.2 Å². The van der Waals surface area contributed by atoms with Crippen LogP contribution < -0.4 is 0 Å². The molecule has 2 rings (SSSR count). The first kappa shape index (κ1) is 12.2. The van der Waals surface area contributed by atoms with E-state index in [0.29, 0.717) is 12.2 Å². The molecule has 2 fully saturated rings. The van der Waals surface area contributed by atoms with E-state index in [0.717, 1.165) is 9.84 Å². The Morgan fingerprint density at radius 2 is 1.80 bits per heavy atom. The summed E-state index contributed by atoms with van der Waals surface area (Å²) in [6.07, 6.45) is 12.0. The normalized spacial score (nSPS) is 42.8. The maximum Gasteiger partial charge on any atom is 0.0696 e. The summed E-state index contributed by atoms with van der Waals surface area (Å²) < 4.78 is 7.08. The Bertz CT molecular complexity index is 195. The van der Waals surface area contributed by atoms with Gasteiger partial charge in [0.2, 0.25) is 0 Å². The van der Waals surface area contributed by atoms with Crippen LogP contribution >= 0.6 is 22.6 Å². The summed E-state index contributed by atoms with van der Waals surface area (Å²) in [5.74, 6) is 0.889. The number of halogens is 1. The van der Waals surface area contributed by atoms with E-state index < -0.39 is 0 Å². The van der Waals surface area contributed by atoms with Crippen LogP contribution in [0.3, 0.4) is 0 Å². The summed E-state index contributed by atoms with van der Waals surface area (Å²) in [5.41, 5.74) is 0. The molecule has 0 aromatic heterocycles. The Morgan fingerprint density at radius 3 is 2.53 bits per heavy atom. The lowest BCUT2D eigenvalue weighted by Crippen LogP contribution is -2.34. The summed E-state index contributed by atoms with van der Waals surface area (Å²) in [6, 6.07) is 0. The maximum atomic E-state index is 6.31. The molecule has 4 atom stereocenters. The van der Waals surface area contributed by atoms with E-state index in [2.05, 4.69) is 29.5 Å². The van der Waals surface area contributed by atoms with Gasteiger partial charge in [-0.3, -0.25) is 0 Å². The van der Waals surface area contributed by atoms with Gasteiger partial charge in [-0.2, -0.15) is 0 Å². The van der Waals surface area contributed by atoms with Gasteiger partial charge in [0.05, 0.1) is 12.2 Å². The number of rotatable bonds is 2. The fraction of sp³-hybridized carbons (Fsp3) is 1.00. The third-order valence-electron chi connectivity index (χ3n) is 3.88. The number of ether oxygens (including phenoxy) is 1. The van der Waals surface area contributed by atoms with Crippen LogP contribution in [-0.2, 0) is 4.74 Å². The molecular formula is C13H23IO. The molecule has 2 heteroatoms. The molecule has 1 nitrogen and oxygen atoms in total. The van der Waals surface area contributed by atoms with Crippen LogP contribution in [0, 0.1) is 5.92 Å². The first-order valence-corrected chi connectivity index (χ1v) is 7.80. The third-order valence-corrected chi connectivity index (χ3v) is 5.30. The Balaban J connectivity index is 1.79. The number of hydrogen-bond acceptors (Lipinski definition) is 1. The number of alkyl halides is 1. The van der Waals surface area contributed by atoms with Crippen LogP contribution in [0.2, 0.25) is 0 Å². The van der Waals surface area contributed by atoms with Crippen molar-refractivity contribution in [2.75, 3.05) is 0 Å². The Morgan fingerprint density at radius 1 is 1.00 bits per heavy atom. The van der Waals surface area contributed by atoms with Crippen LogP contribution in [0.25, 0.3) is 0 Å². The van der Waals surface area contributed by atoms with Gasteiger partial charge >= 0.3 is 0 Å². The van der Waals surface area contributed by atoms with E-state index in [1.54, 1.807) is 0 Å². The predicted octanol–water partition coefficient (Wildman–Crippen LogP) is 4.33. The molecule has 0 aromatic rings. The molecule has 0 spiro atoms. The van der Waals surface area contributed by atoms with Crippen molar-refractivity contribution in [2.45, 2.75) is 74.4 Å². The molecule has 0 radical (unpaired) electrons. The highest BCUT2D eigenvalue weighted by atomic mass is 127. The minimum absolute atomic E-state index is 0.564. The van der Waals surface area contributed by atoms with Crippen LogP contribution in [0.5, 0.6) is 0 Å². The Hall–Kier alpha value is 0.690. The van der Waals surface area contributed by atoms with Crippen molar-refractivity contribution in [1.29, 1.82) is 0 Å². The lowest BCUT2D eigenvalue weighted by molar-refractivity contribution is -0.0475. The molecule has 4 unspecified atom stereocenters. The summed E-state index contributed by atoms with van der Waals surface area (Å²) in [7, 11) is 0. The molecule has 0 heterocycles. The van der Waals surface area contributed by atoms with Crippen molar-refractivity contribution < 1.29 is 4.74 Å². The molecule has 0 bridgehead atoms. The van der Waals surface area contributed by atoms with Gasteiger partial charge in [-0.15, -0.1) is 0 Å². The zero-order valence-corrected chi connectivity index (χ0v) is 11.9. The Kier molecular flexibility index (Phi) is 4.74. The lowest BCUT2D eigenvalue weighted by atomic mass is 9.88. The van der Waals surface area contributed by atoms with Crippen LogP contribution in [0.1, 0.15) is 58.3 Å². The van der Waals surface area contributed by atoms with Gasteiger partial charge in [-0.25, -0.2) is 0 Å². The zero-order chi connectivity index (χ0) is 10.7. The summed E-state index contributed by atoms with van der Waals surface area (Å²) in [6.45, 7) is 2.37. The maximum absolute atomic E-state index is 6.31. The van der Waals surface area contributed by atoms with E-state index in [1.807, 2.05) is 0 Å². The van der Waals surface area contributed by atoms with E-state index in [4.69, 9.17) is 4.74 Å². The summed E-state index contributed by atoms with van der Waals surface area (Å²) in [5, 5.41) is 0. The van der Waals surface area contributed by atoms with Crippen LogP contribution in [0.15, 0.2) is 0 Å². The van der Waals surface area contributed by atoms with Crippen molar-refractivity contribution in [1.82, 2.24) is 0 Å². The van der Waals surface area contributed by atoms with Gasteiger partial charge in [-0.05, 0) is 31.6 Å². The van der Waals surface area contributed by atoms with Crippen LogP contribution in [-0.4, -0.2) is 16.1 Å². The van der Waals surface area contributed by atoms with Crippen molar-refractivity contribution in [2.24, 2.45) is 5.92 Å². The first-order valence-electron chi connectivity index (χ1n) is 6.55. The average molecular weight is 322 g/mol. The average Bonchev–Trinajstić information content (AvgIpc) is 2.22. The highest BCUT2D eigenvalue weighted by molar-refractivity contribution is 14.1. The van der Waals surface area contributed by atoms with E-state index in [1.165, 1.54) is 51.4 Å². The summed E-state index contributed by atoms with van der Waals surface area (Å²) >= 11 is 2.60. The minimum atomic E-state index is 0.564. The molecule has 0 saturated heterocycles. The first-order chi connectivity index (χ1) is 7.25. The van der Waals surface area contributed by atoms with Gasteiger partial charge in [0.25, 0.3) is 0 Å². The highest BCUT2D eigenvalue weighted by Gasteiger charge is 2.28. The standard InChI is InChI=1S/C13H23IO/c1-10-5-4-6-11(9-10)15-13-8-3-2-7-12(13)14/h10-13H,2-9H2,1H3. The second-order valence-corrected chi connectivity index (χ2v) is 6.97.